The van der Waals surface area contributed by atoms with Gasteiger partial charge < -0.3 is 5.11 Å². The van der Waals surface area contributed by atoms with Gasteiger partial charge in [-0.15, -0.1) is 5.10 Å². The number of carboxylic acid groups (broad SMARTS) is 1. The first-order valence-electron chi connectivity index (χ1n) is 6.89. The quantitative estimate of drug-likeness (QED) is 0.805. The van der Waals surface area contributed by atoms with Gasteiger partial charge in [0.05, 0.1) is 5.69 Å². The molecular formula is C17H15N3O2. The number of aromatic carboxylic acids is 1. The van der Waals surface area contributed by atoms with Crippen LogP contribution in [0.5, 0.6) is 0 Å². The lowest BCUT2D eigenvalue weighted by atomic mass is 10.1. The monoisotopic (exact) mass is 293 g/mol. The van der Waals surface area contributed by atoms with Crippen LogP contribution in [0.15, 0.2) is 48.5 Å². The molecule has 0 bridgehead atoms. The zero-order valence-corrected chi connectivity index (χ0v) is 12.3. The van der Waals surface area contributed by atoms with Gasteiger partial charge in [0.25, 0.3) is 5.82 Å². The van der Waals surface area contributed by atoms with E-state index in [4.69, 9.17) is 0 Å². The Morgan fingerprint density at radius 1 is 1.05 bits per heavy atom. The molecule has 5 heteroatoms. The molecule has 0 atom stereocenters. The second-order valence-electron chi connectivity index (χ2n) is 5.18. The summed E-state index contributed by atoms with van der Waals surface area (Å²) in [5.74, 6) is -0.832. The molecule has 0 amide bonds. The van der Waals surface area contributed by atoms with Crippen LogP contribution in [0.4, 0.5) is 0 Å². The van der Waals surface area contributed by atoms with Crippen molar-refractivity contribution in [1.29, 1.82) is 0 Å². The van der Waals surface area contributed by atoms with E-state index in [9.17, 15) is 9.90 Å². The average molecular weight is 293 g/mol. The van der Waals surface area contributed by atoms with E-state index >= 15 is 0 Å². The first-order chi connectivity index (χ1) is 10.5. The summed E-state index contributed by atoms with van der Waals surface area (Å²) in [6, 6.07) is 15.5. The van der Waals surface area contributed by atoms with Gasteiger partial charge in [-0.05, 0) is 32.0 Å². The van der Waals surface area contributed by atoms with Crippen LogP contribution in [0.1, 0.15) is 21.7 Å². The molecule has 0 aliphatic carbocycles. The van der Waals surface area contributed by atoms with E-state index in [2.05, 4.69) is 10.1 Å². The fourth-order valence-electron chi connectivity index (χ4n) is 2.24. The van der Waals surface area contributed by atoms with Crippen LogP contribution in [0.25, 0.3) is 17.1 Å². The molecule has 0 saturated heterocycles. The number of carboxylic acids is 1. The van der Waals surface area contributed by atoms with Gasteiger partial charge in [0, 0.05) is 5.56 Å². The molecule has 0 aliphatic heterocycles. The van der Waals surface area contributed by atoms with E-state index in [0.29, 0.717) is 5.82 Å². The number of hydrogen-bond donors (Lipinski definition) is 1. The van der Waals surface area contributed by atoms with Crippen molar-refractivity contribution in [3.8, 4) is 17.1 Å². The predicted molar refractivity (Wildman–Crippen MR) is 83.2 cm³/mol. The molecular weight excluding hydrogens is 278 g/mol. The van der Waals surface area contributed by atoms with E-state index in [0.717, 1.165) is 22.4 Å². The van der Waals surface area contributed by atoms with Gasteiger partial charge in [-0.2, -0.15) is 0 Å². The molecule has 5 nitrogen and oxygen atoms in total. The normalized spacial score (nSPS) is 10.6. The van der Waals surface area contributed by atoms with Crippen molar-refractivity contribution < 1.29 is 9.90 Å². The molecule has 0 saturated carbocycles. The first kappa shape index (κ1) is 14.0. The standard InChI is InChI=1S/C17H15N3O2/c1-11-6-8-14(9-7-11)20-16(18-15(19-20)17(21)22)13-5-3-4-12(2)10-13/h3-10H,1-2H3,(H,21,22). The number of carbonyl (C=O) groups is 1. The van der Waals surface area contributed by atoms with Gasteiger partial charge in [-0.3, -0.25) is 0 Å². The zero-order chi connectivity index (χ0) is 15.7. The molecule has 3 rings (SSSR count). The van der Waals surface area contributed by atoms with E-state index in [-0.39, 0.29) is 5.82 Å². The molecule has 110 valence electrons. The minimum Gasteiger partial charge on any atom is -0.475 e. The van der Waals surface area contributed by atoms with Gasteiger partial charge in [0.1, 0.15) is 0 Å². The largest absolute Gasteiger partial charge is 0.475 e. The maximum absolute atomic E-state index is 11.2. The predicted octanol–water partition coefficient (Wildman–Crippen LogP) is 3.25. The van der Waals surface area contributed by atoms with Crippen molar-refractivity contribution in [2.75, 3.05) is 0 Å². The third-order valence-corrected chi connectivity index (χ3v) is 3.35. The summed E-state index contributed by atoms with van der Waals surface area (Å²) in [6.45, 7) is 3.98. The molecule has 22 heavy (non-hydrogen) atoms. The number of nitrogens with zero attached hydrogens (tertiary/aromatic N) is 3. The van der Waals surface area contributed by atoms with E-state index in [1.165, 1.54) is 0 Å². The number of aryl methyl sites for hydroxylation is 2. The fraction of sp³-hybridized carbons (Fsp3) is 0.118. The van der Waals surface area contributed by atoms with Crippen LogP contribution < -0.4 is 0 Å². The van der Waals surface area contributed by atoms with Gasteiger partial charge in [-0.25, -0.2) is 14.5 Å². The maximum Gasteiger partial charge on any atom is 0.375 e. The van der Waals surface area contributed by atoms with Crippen molar-refractivity contribution in [3.63, 3.8) is 0 Å². The smallest absolute Gasteiger partial charge is 0.375 e. The van der Waals surface area contributed by atoms with Crippen molar-refractivity contribution in [3.05, 3.63) is 65.5 Å². The minimum absolute atomic E-state index is 0.211. The zero-order valence-electron chi connectivity index (χ0n) is 12.3. The van der Waals surface area contributed by atoms with Crippen LogP contribution in [-0.4, -0.2) is 25.8 Å². The third kappa shape index (κ3) is 2.61. The summed E-state index contributed by atoms with van der Waals surface area (Å²) in [5, 5.41) is 13.3. The van der Waals surface area contributed by atoms with Crippen molar-refractivity contribution in [1.82, 2.24) is 14.8 Å². The van der Waals surface area contributed by atoms with Crippen molar-refractivity contribution >= 4 is 5.97 Å². The van der Waals surface area contributed by atoms with Crippen LogP contribution in [0.2, 0.25) is 0 Å². The molecule has 3 aromatic rings. The highest BCUT2D eigenvalue weighted by Crippen LogP contribution is 2.22. The van der Waals surface area contributed by atoms with Gasteiger partial charge >= 0.3 is 5.97 Å². The number of benzene rings is 2. The number of aromatic nitrogens is 3. The van der Waals surface area contributed by atoms with Gasteiger partial charge in [0.15, 0.2) is 5.82 Å². The Kier molecular flexibility index (Phi) is 3.47. The van der Waals surface area contributed by atoms with Crippen LogP contribution >= 0.6 is 0 Å². The Morgan fingerprint density at radius 2 is 1.77 bits per heavy atom. The molecule has 0 unspecified atom stereocenters. The highest BCUT2D eigenvalue weighted by Gasteiger charge is 2.17. The molecule has 1 N–H and O–H groups in total. The Morgan fingerprint density at radius 3 is 2.41 bits per heavy atom. The lowest BCUT2D eigenvalue weighted by Crippen LogP contribution is -2.02. The molecule has 1 heterocycles. The highest BCUT2D eigenvalue weighted by molar-refractivity contribution is 5.84. The Bertz CT molecular complexity index is 835. The van der Waals surface area contributed by atoms with Crippen molar-refractivity contribution in [2.45, 2.75) is 13.8 Å². The topological polar surface area (TPSA) is 68.0 Å². The van der Waals surface area contributed by atoms with E-state index in [1.54, 1.807) is 4.68 Å². The lowest BCUT2D eigenvalue weighted by molar-refractivity contribution is 0.0683. The third-order valence-electron chi connectivity index (χ3n) is 3.35. The molecule has 0 radical (unpaired) electrons. The minimum atomic E-state index is -1.14. The second kappa shape index (κ2) is 5.44. The molecule has 0 spiro atoms. The highest BCUT2D eigenvalue weighted by atomic mass is 16.4. The molecule has 1 aromatic heterocycles. The second-order valence-corrected chi connectivity index (χ2v) is 5.18. The summed E-state index contributed by atoms with van der Waals surface area (Å²) in [5.41, 5.74) is 3.81. The number of hydrogen-bond acceptors (Lipinski definition) is 3. The summed E-state index contributed by atoms with van der Waals surface area (Å²) in [7, 11) is 0. The summed E-state index contributed by atoms with van der Waals surface area (Å²) in [6.07, 6.45) is 0. The van der Waals surface area contributed by atoms with Crippen molar-refractivity contribution in [2.24, 2.45) is 0 Å². The van der Waals surface area contributed by atoms with E-state index in [1.807, 2.05) is 62.4 Å². The molecule has 0 aliphatic rings. The fourth-order valence-corrected chi connectivity index (χ4v) is 2.24. The van der Waals surface area contributed by atoms with Gasteiger partial charge in [0.2, 0.25) is 0 Å². The summed E-state index contributed by atoms with van der Waals surface area (Å²) < 4.78 is 1.57. The molecule has 0 fully saturated rings. The lowest BCUT2D eigenvalue weighted by Gasteiger charge is -2.06. The van der Waals surface area contributed by atoms with Crippen LogP contribution in [0.3, 0.4) is 0 Å². The number of rotatable bonds is 3. The Balaban J connectivity index is 2.20. The van der Waals surface area contributed by atoms with Crippen LogP contribution in [-0.2, 0) is 0 Å². The average Bonchev–Trinajstić information content (AvgIpc) is 2.93. The molecule has 2 aromatic carbocycles. The summed E-state index contributed by atoms with van der Waals surface area (Å²) >= 11 is 0. The summed E-state index contributed by atoms with van der Waals surface area (Å²) in [4.78, 5) is 15.4. The SMILES string of the molecule is Cc1ccc(-n2nc(C(=O)O)nc2-c2cccc(C)c2)cc1. The van der Waals surface area contributed by atoms with Crippen LogP contribution in [0, 0.1) is 13.8 Å². The van der Waals surface area contributed by atoms with Gasteiger partial charge in [-0.1, -0.05) is 41.5 Å². The van der Waals surface area contributed by atoms with E-state index < -0.39 is 5.97 Å². The Labute approximate surface area is 127 Å². The maximum atomic E-state index is 11.2. The first-order valence-corrected chi connectivity index (χ1v) is 6.89. The Hall–Kier alpha value is -2.95.